The molecular formula is C36H47N11O5. The Morgan fingerprint density at radius 1 is 0.962 bits per heavy atom. The van der Waals surface area contributed by atoms with Gasteiger partial charge in [0.05, 0.1) is 57.4 Å². The lowest BCUT2D eigenvalue weighted by molar-refractivity contribution is -0.0458. The van der Waals surface area contributed by atoms with Gasteiger partial charge in [-0.3, -0.25) is 9.58 Å². The minimum absolute atomic E-state index is 0.274. The maximum Gasteiger partial charge on any atom is 0.256 e. The Kier molecular flexibility index (Phi) is 11.8. The maximum absolute atomic E-state index is 9.70. The summed E-state index contributed by atoms with van der Waals surface area (Å²) in [5.74, 6) is 1.40. The molecule has 3 fully saturated rings. The van der Waals surface area contributed by atoms with E-state index in [1.807, 2.05) is 25.3 Å². The number of morpholine rings is 1. The first-order chi connectivity index (χ1) is 25.6. The van der Waals surface area contributed by atoms with Gasteiger partial charge in [-0.25, -0.2) is 14.6 Å². The van der Waals surface area contributed by atoms with Gasteiger partial charge in [-0.1, -0.05) is 6.07 Å². The molecule has 0 radical (unpaired) electrons. The van der Waals surface area contributed by atoms with E-state index in [4.69, 9.17) is 28.8 Å². The lowest BCUT2D eigenvalue weighted by Gasteiger charge is -2.43. The van der Waals surface area contributed by atoms with Crippen LogP contribution in [0.5, 0.6) is 11.6 Å². The molecule has 276 valence electrons. The number of nitrogens with one attached hydrogen (secondary N) is 1. The van der Waals surface area contributed by atoms with Crippen molar-refractivity contribution in [1.82, 2.24) is 44.9 Å². The molecular weight excluding hydrogens is 666 g/mol. The predicted molar refractivity (Wildman–Crippen MR) is 189 cm³/mol. The molecule has 1 aromatic carbocycles. The molecule has 2 bridgehead atoms. The third-order valence-corrected chi connectivity index (χ3v) is 10.1. The Bertz CT molecular complexity index is 1740. The number of rotatable bonds is 17. The van der Waals surface area contributed by atoms with Crippen LogP contribution in [0.15, 0.2) is 43.1 Å². The average Bonchev–Trinajstić information content (AvgIpc) is 3.89. The van der Waals surface area contributed by atoms with Crippen molar-refractivity contribution in [3.05, 3.63) is 48.7 Å². The molecule has 5 heterocycles. The van der Waals surface area contributed by atoms with Crippen LogP contribution in [0.25, 0.3) is 11.1 Å². The zero-order chi connectivity index (χ0) is 35.7. The number of tetrazole rings is 1. The zero-order valence-corrected chi connectivity index (χ0v) is 29.8. The summed E-state index contributed by atoms with van der Waals surface area (Å²) in [6.45, 7) is 6.24. The number of fused-ring (bicyclic) bond motifs is 2. The first-order valence-electron chi connectivity index (χ1n) is 18.2. The summed E-state index contributed by atoms with van der Waals surface area (Å²) < 4.78 is 32.5. The number of hydrogen-bond acceptors (Lipinski definition) is 14. The van der Waals surface area contributed by atoms with Crippen LogP contribution in [-0.4, -0.2) is 116 Å². The molecule has 3 aliphatic rings. The van der Waals surface area contributed by atoms with Crippen LogP contribution in [0.4, 0.5) is 11.6 Å². The molecule has 2 aliphatic heterocycles. The molecule has 0 amide bonds. The van der Waals surface area contributed by atoms with Crippen LogP contribution in [0.3, 0.4) is 0 Å². The first kappa shape index (κ1) is 35.7. The molecule has 1 aliphatic carbocycles. The van der Waals surface area contributed by atoms with Crippen molar-refractivity contribution in [2.45, 2.75) is 88.7 Å². The van der Waals surface area contributed by atoms with Gasteiger partial charge in [0.25, 0.3) is 5.88 Å². The molecule has 2 saturated heterocycles. The van der Waals surface area contributed by atoms with Gasteiger partial charge in [-0.15, -0.1) is 10.2 Å². The SMILES string of the molecule is COCCOCCCOc1nn([C@H]2CC[C@H](N3[C@@H]4CC[C@H]3COC4)CC2)cc1Nc1ncc(-c2ccc(C#N)c(O[C@@H](C)Cn3cnnn3)c2)cn1. The Balaban J connectivity index is 1.01. The lowest BCUT2D eigenvalue weighted by atomic mass is 9.89. The van der Waals surface area contributed by atoms with Gasteiger partial charge in [0.2, 0.25) is 5.95 Å². The normalized spacial score (nSPS) is 22.2. The van der Waals surface area contributed by atoms with Gasteiger partial charge >= 0.3 is 0 Å². The monoisotopic (exact) mass is 713 g/mol. The summed E-state index contributed by atoms with van der Waals surface area (Å²) in [7, 11) is 1.66. The minimum atomic E-state index is -0.274. The van der Waals surface area contributed by atoms with E-state index < -0.39 is 0 Å². The number of nitriles is 1. The van der Waals surface area contributed by atoms with E-state index in [0.29, 0.717) is 79.9 Å². The lowest BCUT2D eigenvalue weighted by Crippen LogP contribution is -2.52. The smallest absolute Gasteiger partial charge is 0.256 e. The second kappa shape index (κ2) is 17.2. The quantitative estimate of drug-likeness (QED) is 0.154. The zero-order valence-electron chi connectivity index (χ0n) is 29.8. The highest BCUT2D eigenvalue weighted by atomic mass is 16.5. The molecule has 3 aromatic heterocycles. The van der Waals surface area contributed by atoms with Crippen molar-refractivity contribution >= 4 is 11.6 Å². The largest absolute Gasteiger partial charge is 0.487 e. The molecule has 1 saturated carbocycles. The number of hydrogen-bond donors (Lipinski definition) is 1. The van der Waals surface area contributed by atoms with Gasteiger partial charge in [-0.05, 0) is 73.6 Å². The third-order valence-electron chi connectivity index (χ3n) is 10.1. The fourth-order valence-electron chi connectivity index (χ4n) is 7.54. The van der Waals surface area contributed by atoms with E-state index >= 15 is 0 Å². The summed E-state index contributed by atoms with van der Waals surface area (Å²) in [5, 5.41) is 29.2. The number of methoxy groups -OCH3 is 1. The second-order valence-corrected chi connectivity index (χ2v) is 13.7. The van der Waals surface area contributed by atoms with E-state index in [2.05, 4.69) is 46.5 Å². The van der Waals surface area contributed by atoms with Crippen LogP contribution in [0, 0.1) is 11.3 Å². The highest BCUT2D eigenvalue weighted by Gasteiger charge is 2.42. The van der Waals surface area contributed by atoms with E-state index in [-0.39, 0.29) is 12.1 Å². The van der Waals surface area contributed by atoms with Gasteiger partial charge in [0.15, 0.2) is 0 Å². The maximum atomic E-state index is 9.70. The average molecular weight is 714 g/mol. The molecule has 4 aromatic rings. The van der Waals surface area contributed by atoms with E-state index in [1.54, 1.807) is 30.3 Å². The molecule has 0 unspecified atom stereocenters. The summed E-state index contributed by atoms with van der Waals surface area (Å²) in [4.78, 5) is 12.0. The molecule has 0 spiro atoms. The van der Waals surface area contributed by atoms with Crippen molar-refractivity contribution < 1.29 is 23.7 Å². The van der Waals surface area contributed by atoms with Crippen LogP contribution in [-0.2, 0) is 20.8 Å². The van der Waals surface area contributed by atoms with E-state index in [9.17, 15) is 5.26 Å². The van der Waals surface area contributed by atoms with E-state index in [0.717, 1.165) is 56.4 Å². The summed E-state index contributed by atoms with van der Waals surface area (Å²) in [6.07, 6.45) is 14.4. The Morgan fingerprint density at radius 2 is 1.73 bits per heavy atom. The Morgan fingerprint density at radius 3 is 2.46 bits per heavy atom. The summed E-state index contributed by atoms with van der Waals surface area (Å²) in [6, 6.07) is 9.69. The van der Waals surface area contributed by atoms with E-state index in [1.165, 1.54) is 19.2 Å². The number of aromatic nitrogens is 8. The molecule has 1 N–H and O–H groups in total. The Hall–Kier alpha value is -4.69. The molecule has 3 atom stereocenters. The van der Waals surface area contributed by atoms with Gasteiger partial charge in [0, 0.05) is 56.2 Å². The van der Waals surface area contributed by atoms with Gasteiger partial charge in [0.1, 0.15) is 29.9 Å². The van der Waals surface area contributed by atoms with Crippen LogP contribution < -0.4 is 14.8 Å². The fraction of sp³-hybridized carbons (Fsp3) is 0.583. The molecule has 52 heavy (non-hydrogen) atoms. The number of benzene rings is 1. The van der Waals surface area contributed by atoms with Gasteiger partial charge < -0.3 is 29.0 Å². The number of nitrogens with zero attached hydrogens (tertiary/aromatic N) is 10. The van der Waals surface area contributed by atoms with Crippen molar-refractivity contribution in [3.8, 4) is 28.8 Å². The van der Waals surface area contributed by atoms with Gasteiger partial charge in [-0.2, -0.15) is 5.26 Å². The van der Waals surface area contributed by atoms with Crippen molar-refractivity contribution in [2.24, 2.45) is 0 Å². The highest BCUT2D eigenvalue weighted by molar-refractivity contribution is 5.67. The fourth-order valence-corrected chi connectivity index (χ4v) is 7.54. The summed E-state index contributed by atoms with van der Waals surface area (Å²) >= 11 is 0. The molecule has 16 heteroatoms. The molecule has 7 rings (SSSR count). The standard InChI is InChI=1S/C36H47N11O5/c1-25(20-45-24-40-43-44-45)52-34-16-26(4-5-27(34)17-37)28-18-38-36(39-19-28)41-33-21-46(42-35(33)51-13-3-12-49-15-14-48-2)29-6-8-30(9-7-29)47-31-10-11-32(47)23-50-22-31/h4-5,16,18-19,21,24-25,29-32H,3,6-15,20,22-23H2,1-2H3,(H,38,39,41)/t25-,29-,30-,31-,32+/m0/s1. The predicted octanol–water partition coefficient (Wildman–Crippen LogP) is 4.19. The second-order valence-electron chi connectivity index (χ2n) is 13.7. The van der Waals surface area contributed by atoms with Crippen LogP contribution in [0.1, 0.15) is 63.5 Å². The van der Waals surface area contributed by atoms with Crippen molar-refractivity contribution in [1.29, 1.82) is 5.26 Å². The minimum Gasteiger partial charge on any atom is -0.487 e. The number of ether oxygens (including phenoxy) is 5. The molecule has 16 nitrogen and oxygen atoms in total. The summed E-state index contributed by atoms with van der Waals surface area (Å²) in [5.41, 5.74) is 2.74. The number of anilines is 2. The van der Waals surface area contributed by atoms with Crippen molar-refractivity contribution in [2.75, 3.05) is 52.1 Å². The topological polar surface area (TPSA) is 172 Å². The Labute approximate surface area is 303 Å². The van der Waals surface area contributed by atoms with Crippen LogP contribution in [0.2, 0.25) is 0 Å². The third kappa shape index (κ3) is 8.67. The highest BCUT2D eigenvalue weighted by Crippen LogP contribution is 2.39. The van der Waals surface area contributed by atoms with Crippen molar-refractivity contribution in [3.63, 3.8) is 0 Å². The first-order valence-corrected chi connectivity index (χ1v) is 18.2. The van der Waals surface area contributed by atoms with Crippen LogP contribution >= 0.6 is 0 Å².